The first-order chi connectivity index (χ1) is 11.4. The van der Waals surface area contributed by atoms with E-state index in [9.17, 15) is 4.79 Å². The van der Waals surface area contributed by atoms with Crippen molar-refractivity contribution >= 4 is 22.6 Å². The molecule has 2 rings (SSSR count). The van der Waals surface area contributed by atoms with Crippen molar-refractivity contribution in [2.24, 2.45) is 0 Å². The largest absolute Gasteiger partial charge is 0.491 e. The highest BCUT2D eigenvalue weighted by Gasteiger charge is 2.17. The van der Waals surface area contributed by atoms with Gasteiger partial charge in [-0.2, -0.15) is 0 Å². The molecule has 1 aromatic carbocycles. The van der Waals surface area contributed by atoms with Gasteiger partial charge in [0.15, 0.2) is 5.13 Å². The SMILES string of the molecule is CC(C)(C)OC(=O)Nc1nc(COCCOc2ccccc2)cs1. The molecule has 1 amide bonds. The highest BCUT2D eigenvalue weighted by Crippen LogP contribution is 2.17. The van der Waals surface area contributed by atoms with Crippen LogP contribution in [-0.4, -0.2) is 29.9 Å². The summed E-state index contributed by atoms with van der Waals surface area (Å²) in [5.74, 6) is 0.818. The predicted molar refractivity (Wildman–Crippen MR) is 93.6 cm³/mol. The Balaban J connectivity index is 1.65. The number of hydrogen-bond donors (Lipinski definition) is 1. The van der Waals surface area contributed by atoms with Crippen molar-refractivity contribution in [1.82, 2.24) is 4.98 Å². The minimum Gasteiger partial charge on any atom is -0.491 e. The molecule has 6 nitrogen and oxygen atoms in total. The van der Waals surface area contributed by atoms with Crippen molar-refractivity contribution in [3.63, 3.8) is 0 Å². The molecule has 1 aromatic heterocycles. The minimum absolute atomic E-state index is 0.366. The van der Waals surface area contributed by atoms with Gasteiger partial charge in [-0.25, -0.2) is 9.78 Å². The smallest absolute Gasteiger partial charge is 0.413 e. The number of carbonyl (C=O) groups is 1. The average molecular weight is 350 g/mol. The van der Waals surface area contributed by atoms with Crippen LogP contribution in [-0.2, 0) is 16.1 Å². The zero-order chi connectivity index (χ0) is 17.4. The fourth-order valence-electron chi connectivity index (χ4n) is 1.73. The first-order valence-electron chi connectivity index (χ1n) is 7.62. The van der Waals surface area contributed by atoms with E-state index in [1.54, 1.807) is 0 Å². The predicted octanol–water partition coefficient (Wildman–Crippen LogP) is 4.09. The fraction of sp³-hybridized carbons (Fsp3) is 0.412. The summed E-state index contributed by atoms with van der Waals surface area (Å²) in [7, 11) is 0. The van der Waals surface area contributed by atoms with E-state index >= 15 is 0 Å². The van der Waals surface area contributed by atoms with Gasteiger partial charge in [0.2, 0.25) is 0 Å². The molecule has 0 fully saturated rings. The number of nitrogens with one attached hydrogen (secondary N) is 1. The Hall–Kier alpha value is -2.12. The van der Waals surface area contributed by atoms with Gasteiger partial charge in [-0.1, -0.05) is 18.2 Å². The number of carbonyl (C=O) groups excluding carboxylic acids is 1. The molecular weight excluding hydrogens is 328 g/mol. The van der Waals surface area contributed by atoms with E-state index in [0.29, 0.717) is 25.0 Å². The second-order valence-corrected chi connectivity index (χ2v) is 6.84. The standard InChI is InChI=1S/C17H22N2O4S/c1-17(2,3)23-16(20)19-15-18-13(12-24-15)11-21-9-10-22-14-7-5-4-6-8-14/h4-8,12H,9-11H2,1-3H3,(H,18,19,20). The maximum Gasteiger partial charge on any atom is 0.413 e. The Morgan fingerprint density at radius 3 is 2.67 bits per heavy atom. The zero-order valence-electron chi connectivity index (χ0n) is 14.1. The molecule has 1 N–H and O–H groups in total. The molecule has 0 atom stereocenters. The first-order valence-corrected chi connectivity index (χ1v) is 8.50. The van der Waals surface area contributed by atoms with Gasteiger partial charge in [-0.05, 0) is 32.9 Å². The molecule has 0 aliphatic heterocycles. The summed E-state index contributed by atoms with van der Waals surface area (Å²) in [5.41, 5.74) is 0.220. The molecule has 0 aliphatic rings. The van der Waals surface area contributed by atoms with Gasteiger partial charge in [0.25, 0.3) is 0 Å². The van der Waals surface area contributed by atoms with Gasteiger partial charge in [-0.15, -0.1) is 11.3 Å². The van der Waals surface area contributed by atoms with E-state index < -0.39 is 11.7 Å². The average Bonchev–Trinajstić information content (AvgIpc) is 2.93. The lowest BCUT2D eigenvalue weighted by molar-refractivity contribution is 0.0635. The zero-order valence-corrected chi connectivity index (χ0v) is 14.9. The summed E-state index contributed by atoms with van der Waals surface area (Å²) >= 11 is 1.33. The molecule has 0 spiro atoms. The molecule has 0 saturated carbocycles. The molecule has 7 heteroatoms. The topological polar surface area (TPSA) is 69.7 Å². The number of hydrogen-bond acceptors (Lipinski definition) is 6. The van der Waals surface area contributed by atoms with Crippen molar-refractivity contribution < 1.29 is 19.0 Å². The van der Waals surface area contributed by atoms with Crippen molar-refractivity contribution in [3.8, 4) is 5.75 Å². The van der Waals surface area contributed by atoms with Gasteiger partial charge in [0.05, 0.1) is 18.9 Å². The van der Waals surface area contributed by atoms with E-state index in [4.69, 9.17) is 14.2 Å². The van der Waals surface area contributed by atoms with Gasteiger partial charge in [0, 0.05) is 5.38 Å². The normalized spacial score (nSPS) is 11.1. The van der Waals surface area contributed by atoms with E-state index in [0.717, 1.165) is 11.4 Å². The number of benzene rings is 1. The van der Waals surface area contributed by atoms with Crippen molar-refractivity contribution in [2.45, 2.75) is 33.0 Å². The lowest BCUT2D eigenvalue weighted by atomic mass is 10.2. The third kappa shape index (κ3) is 6.97. The van der Waals surface area contributed by atoms with E-state index in [1.807, 2.05) is 56.5 Å². The minimum atomic E-state index is -0.536. The second kappa shape index (κ2) is 8.65. The fourth-order valence-corrected chi connectivity index (χ4v) is 2.41. The van der Waals surface area contributed by atoms with Gasteiger partial charge < -0.3 is 14.2 Å². The second-order valence-electron chi connectivity index (χ2n) is 5.98. The number of para-hydroxylation sites is 1. The van der Waals surface area contributed by atoms with Crippen LogP contribution < -0.4 is 10.1 Å². The molecular formula is C17H22N2O4S. The van der Waals surface area contributed by atoms with Crippen molar-refractivity contribution in [2.75, 3.05) is 18.5 Å². The third-order valence-electron chi connectivity index (χ3n) is 2.65. The van der Waals surface area contributed by atoms with Gasteiger partial charge >= 0.3 is 6.09 Å². The monoisotopic (exact) mass is 350 g/mol. The summed E-state index contributed by atoms with van der Waals surface area (Å²) in [4.78, 5) is 15.9. The first kappa shape index (κ1) is 18.2. The highest BCUT2D eigenvalue weighted by atomic mass is 32.1. The quantitative estimate of drug-likeness (QED) is 0.762. The molecule has 0 saturated heterocycles. The Labute approximate surface area is 145 Å². The number of anilines is 1. The summed E-state index contributed by atoms with van der Waals surface area (Å²) in [6.07, 6.45) is -0.513. The van der Waals surface area contributed by atoms with Crippen molar-refractivity contribution in [3.05, 3.63) is 41.4 Å². The Morgan fingerprint density at radius 1 is 1.21 bits per heavy atom. The number of nitrogens with zero attached hydrogens (tertiary/aromatic N) is 1. The van der Waals surface area contributed by atoms with Crippen molar-refractivity contribution in [1.29, 1.82) is 0 Å². The lowest BCUT2D eigenvalue weighted by Gasteiger charge is -2.18. The molecule has 0 aliphatic carbocycles. The number of ether oxygens (including phenoxy) is 3. The van der Waals surface area contributed by atoms with Gasteiger partial charge in [0.1, 0.15) is 18.0 Å². The number of thiazole rings is 1. The highest BCUT2D eigenvalue weighted by molar-refractivity contribution is 7.13. The van der Waals surface area contributed by atoms with Crippen LogP contribution in [0, 0.1) is 0 Å². The number of amides is 1. The van der Waals surface area contributed by atoms with Crippen LogP contribution >= 0.6 is 11.3 Å². The Kier molecular flexibility index (Phi) is 6.57. The van der Waals surface area contributed by atoms with E-state index in [-0.39, 0.29) is 0 Å². The van der Waals surface area contributed by atoms with Crippen LogP contribution in [0.2, 0.25) is 0 Å². The maximum atomic E-state index is 11.7. The van der Waals surface area contributed by atoms with E-state index in [1.165, 1.54) is 11.3 Å². The molecule has 0 bridgehead atoms. The molecule has 0 radical (unpaired) electrons. The van der Waals surface area contributed by atoms with Crippen LogP contribution in [0.15, 0.2) is 35.7 Å². The molecule has 130 valence electrons. The van der Waals surface area contributed by atoms with Crippen LogP contribution in [0.3, 0.4) is 0 Å². The molecule has 0 unspecified atom stereocenters. The Bertz CT molecular complexity index is 638. The lowest BCUT2D eigenvalue weighted by Crippen LogP contribution is -2.27. The maximum absolute atomic E-state index is 11.7. The molecule has 1 heterocycles. The molecule has 2 aromatic rings. The number of aromatic nitrogens is 1. The third-order valence-corrected chi connectivity index (χ3v) is 3.46. The van der Waals surface area contributed by atoms with Crippen LogP contribution in [0.4, 0.5) is 9.93 Å². The number of rotatable bonds is 7. The Morgan fingerprint density at radius 2 is 1.96 bits per heavy atom. The van der Waals surface area contributed by atoms with E-state index in [2.05, 4.69) is 10.3 Å². The summed E-state index contributed by atoms with van der Waals surface area (Å²) in [6, 6.07) is 9.58. The van der Waals surface area contributed by atoms with Gasteiger partial charge in [-0.3, -0.25) is 5.32 Å². The van der Waals surface area contributed by atoms with Crippen LogP contribution in [0.5, 0.6) is 5.75 Å². The van der Waals surface area contributed by atoms with Crippen LogP contribution in [0.1, 0.15) is 26.5 Å². The van der Waals surface area contributed by atoms with Crippen LogP contribution in [0.25, 0.3) is 0 Å². The summed E-state index contributed by atoms with van der Waals surface area (Å²) < 4.78 is 16.2. The molecule has 24 heavy (non-hydrogen) atoms. The summed E-state index contributed by atoms with van der Waals surface area (Å²) in [5, 5.41) is 4.94. The summed E-state index contributed by atoms with van der Waals surface area (Å²) in [6.45, 7) is 6.73.